The molecule has 1 fully saturated rings. The Bertz CT molecular complexity index is 448. The van der Waals surface area contributed by atoms with Crippen molar-refractivity contribution in [1.29, 1.82) is 0 Å². The Kier molecular flexibility index (Phi) is 3.63. The Hall–Kier alpha value is -0.750. The maximum absolute atomic E-state index is 10.8. The molecule has 0 aliphatic heterocycles. The predicted molar refractivity (Wildman–Crippen MR) is 71.8 cm³/mol. The lowest BCUT2D eigenvalue weighted by atomic mass is 10.2. The summed E-state index contributed by atoms with van der Waals surface area (Å²) in [5.41, 5.74) is 0.200. The van der Waals surface area contributed by atoms with E-state index in [0.717, 1.165) is 18.6 Å². The minimum atomic E-state index is -0.428. The molecule has 0 spiro atoms. The molecule has 0 saturated heterocycles. The van der Waals surface area contributed by atoms with Crippen molar-refractivity contribution >= 4 is 34.2 Å². The second kappa shape index (κ2) is 4.86. The second-order valence-electron chi connectivity index (χ2n) is 4.29. The van der Waals surface area contributed by atoms with Crippen LogP contribution in [0.1, 0.15) is 12.8 Å². The van der Waals surface area contributed by atoms with Gasteiger partial charge in [-0.25, -0.2) is 0 Å². The third-order valence-electron chi connectivity index (χ3n) is 2.97. The Morgan fingerprint density at radius 3 is 2.76 bits per heavy atom. The van der Waals surface area contributed by atoms with E-state index in [9.17, 15) is 10.1 Å². The summed E-state index contributed by atoms with van der Waals surface area (Å²) in [6.07, 6.45) is 2.23. The minimum absolute atomic E-state index is 0.0261. The standard InChI is InChI=1S/C11H12BrNO3S/c12-10-8(13(14)15)2-1-3-9(10)16-6-11(7-17)4-5-11/h1-3,17H,4-7H2. The van der Waals surface area contributed by atoms with Crippen LogP contribution in [0.3, 0.4) is 0 Å². The van der Waals surface area contributed by atoms with E-state index in [1.54, 1.807) is 12.1 Å². The van der Waals surface area contributed by atoms with Gasteiger partial charge in [0.2, 0.25) is 0 Å². The molecule has 0 N–H and O–H groups in total. The van der Waals surface area contributed by atoms with Gasteiger partial charge in [-0.1, -0.05) is 6.07 Å². The van der Waals surface area contributed by atoms with Crippen LogP contribution in [0.4, 0.5) is 5.69 Å². The largest absolute Gasteiger partial charge is 0.492 e. The van der Waals surface area contributed by atoms with Crippen molar-refractivity contribution in [3.63, 3.8) is 0 Å². The lowest BCUT2D eigenvalue weighted by molar-refractivity contribution is -0.385. The van der Waals surface area contributed by atoms with Crippen LogP contribution in [0.25, 0.3) is 0 Å². The molecule has 92 valence electrons. The van der Waals surface area contributed by atoms with E-state index in [4.69, 9.17) is 4.74 Å². The second-order valence-corrected chi connectivity index (χ2v) is 5.40. The van der Waals surface area contributed by atoms with Gasteiger partial charge in [-0.3, -0.25) is 10.1 Å². The molecule has 17 heavy (non-hydrogen) atoms. The van der Waals surface area contributed by atoms with Crippen molar-refractivity contribution in [2.45, 2.75) is 12.8 Å². The quantitative estimate of drug-likeness (QED) is 0.514. The summed E-state index contributed by atoms with van der Waals surface area (Å²) in [5, 5.41) is 10.8. The number of halogens is 1. The average molecular weight is 318 g/mol. The van der Waals surface area contributed by atoms with Crippen molar-refractivity contribution in [3.05, 3.63) is 32.8 Å². The minimum Gasteiger partial charge on any atom is -0.492 e. The van der Waals surface area contributed by atoms with Crippen LogP contribution in [0.2, 0.25) is 0 Å². The average Bonchev–Trinajstić information content (AvgIpc) is 3.08. The molecule has 0 atom stereocenters. The molecule has 0 heterocycles. The molecule has 0 unspecified atom stereocenters. The van der Waals surface area contributed by atoms with Crippen LogP contribution in [0.5, 0.6) is 5.75 Å². The molecule has 1 saturated carbocycles. The molecule has 1 aliphatic carbocycles. The monoisotopic (exact) mass is 317 g/mol. The summed E-state index contributed by atoms with van der Waals surface area (Å²) in [5.74, 6) is 1.31. The zero-order valence-electron chi connectivity index (χ0n) is 9.06. The first-order valence-corrected chi connectivity index (χ1v) is 6.67. The molecule has 6 heteroatoms. The Morgan fingerprint density at radius 2 is 2.24 bits per heavy atom. The Balaban J connectivity index is 2.11. The molecule has 0 amide bonds. The first kappa shape index (κ1) is 12.7. The molecular formula is C11H12BrNO3S. The number of rotatable bonds is 5. The van der Waals surface area contributed by atoms with Crippen molar-refractivity contribution in [3.8, 4) is 5.75 Å². The van der Waals surface area contributed by atoms with Crippen LogP contribution >= 0.6 is 28.6 Å². The molecule has 2 rings (SSSR count). The number of benzene rings is 1. The third kappa shape index (κ3) is 2.74. The highest BCUT2D eigenvalue weighted by atomic mass is 79.9. The fourth-order valence-electron chi connectivity index (χ4n) is 1.51. The van der Waals surface area contributed by atoms with Gasteiger partial charge in [0.1, 0.15) is 10.2 Å². The lowest BCUT2D eigenvalue weighted by Crippen LogP contribution is -2.14. The number of nitro groups is 1. The van der Waals surface area contributed by atoms with Gasteiger partial charge in [0, 0.05) is 11.5 Å². The number of hydrogen-bond donors (Lipinski definition) is 1. The van der Waals surface area contributed by atoms with Gasteiger partial charge in [-0.2, -0.15) is 12.6 Å². The summed E-state index contributed by atoms with van der Waals surface area (Å²) in [6, 6.07) is 4.80. The molecule has 1 aliphatic rings. The lowest BCUT2D eigenvalue weighted by Gasteiger charge is -2.14. The highest BCUT2D eigenvalue weighted by molar-refractivity contribution is 9.10. The number of nitrogens with zero attached hydrogens (tertiary/aromatic N) is 1. The van der Waals surface area contributed by atoms with Crippen LogP contribution in [-0.2, 0) is 0 Å². The number of thiol groups is 1. The number of ether oxygens (including phenoxy) is 1. The summed E-state index contributed by atoms with van der Waals surface area (Å²) >= 11 is 7.50. The normalized spacial score (nSPS) is 16.6. The predicted octanol–water partition coefficient (Wildman–Crippen LogP) is 3.45. The zero-order chi connectivity index (χ0) is 12.5. The van der Waals surface area contributed by atoms with E-state index in [2.05, 4.69) is 28.6 Å². The summed E-state index contributed by atoms with van der Waals surface area (Å²) < 4.78 is 6.05. The Labute approximate surface area is 113 Å². The Morgan fingerprint density at radius 1 is 1.53 bits per heavy atom. The van der Waals surface area contributed by atoms with Crippen LogP contribution in [-0.4, -0.2) is 17.3 Å². The summed E-state index contributed by atoms with van der Waals surface area (Å²) in [6.45, 7) is 0.566. The van der Waals surface area contributed by atoms with E-state index >= 15 is 0 Å². The van der Waals surface area contributed by atoms with Gasteiger partial charge in [0.15, 0.2) is 0 Å². The van der Waals surface area contributed by atoms with Gasteiger partial charge in [0.05, 0.1) is 11.5 Å². The summed E-state index contributed by atoms with van der Waals surface area (Å²) in [4.78, 5) is 10.3. The topological polar surface area (TPSA) is 52.4 Å². The highest BCUT2D eigenvalue weighted by Gasteiger charge is 2.42. The maximum Gasteiger partial charge on any atom is 0.287 e. The maximum atomic E-state index is 10.8. The van der Waals surface area contributed by atoms with Crippen molar-refractivity contribution in [2.75, 3.05) is 12.4 Å². The van der Waals surface area contributed by atoms with Gasteiger partial charge >= 0.3 is 0 Å². The van der Waals surface area contributed by atoms with E-state index in [1.807, 2.05) is 0 Å². The zero-order valence-corrected chi connectivity index (χ0v) is 11.5. The molecule has 4 nitrogen and oxygen atoms in total. The molecule has 1 aromatic carbocycles. The SMILES string of the molecule is O=[N+]([O-])c1cccc(OCC2(CS)CC2)c1Br. The van der Waals surface area contributed by atoms with Gasteiger partial charge in [-0.05, 0) is 40.6 Å². The highest BCUT2D eigenvalue weighted by Crippen LogP contribution is 2.47. The van der Waals surface area contributed by atoms with E-state index < -0.39 is 4.92 Å². The van der Waals surface area contributed by atoms with E-state index in [-0.39, 0.29) is 11.1 Å². The smallest absolute Gasteiger partial charge is 0.287 e. The van der Waals surface area contributed by atoms with Gasteiger partial charge < -0.3 is 4.74 Å². The first-order valence-electron chi connectivity index (χ1n) is 5.24. The first-order chi connectivity index (χ1) is 8.08. The van der Waals surface area contributed by atoms with E-state index in [1.165, 1.54) is 6.07 Å². The molecule has 0 radical (unpaired) electrons. The molecule has 1 aromatic rings. The van der Waals surface area contributed by atoms with E-state index in [0.29, 0.717) is 16.8 Å². The fourth-order valence-corrected chi connectivity index (χ4v) is 2.44. The van der Waals surface area contributed by atoms with Gasteiger partial charge in [0.25, 0.3) is 5.69 Å². The van der Waals surface area contributed by atoms with Crippen molar-refractivity contribution in [2.24, 2.45) is 5.41 Å². The molecular weight excluding hydrogens is 306 g/mol. The van der Waals surface area contributed by atoms with Crippen molar-refractivity contribution < 1.29 is 9.66 Å². The third-order valence-corrected chi connectivity index (χ3v) is 4.43. The summed E-state index contributed by atoms with van der Waals surface area (Å²) in [7, 11) is 0. The fraction of sp³-hybridized carbons (Fsp3) is 0.455. The van der Waals surface area contributed by atoms with Crippen LogP contribution in [0.15, 0.2) is 22.7 Å². The van der Waals surface area contributed by atoms with Crippen LogP contribution in [0, 0.1) is 15.5 Å². The van der Waals surface area contributed by atoms with Gasteiger partial charge in [-0.15, -0.1) is 0 Å². The van der Waals surface area contributed by atoms with Crippen LogP contribution < -0.4 is 4.74 Å². The van der Waals surface area contributed by atoms with Crippen molar-refractivity contribution in [1.82, 2.24) is 0 Å². The molecule has 0 aromatic heterocycles. The molecule has 0 bridgehead atoms. The number of hydrogen-bond acceptors (Lipinski definition) is 4. The number of nitro benzene ring substituents is 1.